The Morgan fingerprint density at radius 3 is 2.75 bits per heavy atom. The molecule has 3 heteroatoms. The largest absolute Gasteiger partial charge is 0.423 e. The molecule has 2 heterocycles. The van der Waals surface area contributed by atoms with Crippen molar-refractivity contribution < 1.29 is 4.42 Å². The predicted molar refractivity (Wildman–Crippen MR) is 96.1 cm³/mol. The van der Waals surface area contributed by atoms with E-state index in [1.54, 1.807) is 6.07 Å². The van der Waals surface area contributed by atoms with Crippen LogP contribution >= 0.6 is 0 Å². The highest BCUT2D eigenvalue weighted by Crippen LogP contribution is 2.24. The lowest BCUT2D eigenvalue weighted by Gasteiger charge is -2.28. The average molecular weight is 319 g/mol. The molecule has 0 saturated heterocycles. The normalized spacial score (nSPS) is 14.7. The summed E-state index contributed by atoms with van der Waals surface area (Å²) >= 11 is 0. The molecule has 122 valence electrons. The van der Waals surface area contributed by atoms with Crippen molar-refractivity contribution in [2.75, 3.05) is 6.54 Å². The van der Waals surface area contributed by atoms with Gasteiger partial charge >= 0.3 is 5.63 Å². The van der Waals surface area contributed by atoms with Crippen LogP contribution in [0.2, 0.25) is 0 Å². The predicted octanol–water partition coefficient (Wildman–Crippen LogP) is 3.91. The van der Waals surface area contributed by atoms with Crippen LogP contribution in [0.5, 0.6) is 0 Å². The molecule has 0 N–H and O–H groups in total. The van der Waals surface area contributed by atoms with Crippen molar-refractivity contribution in [3.05, 3.63) is 81.2 Å². The summed E-state index contributed by atoms with van der Waals surface area (Å²) in [5, 5.41) is 1.05. The number of aryl methyl sites for hydroxylation is 1. The van der Waals surface area contributed by atoms with E-state index in [1.807, 2.05) is 6.07 Å². The second-order valence-corrected chi connectivity index (χ2v) is 6.50. The SMILES string of the molecule is CCc1ccc2c(CN3CCc4ccccc4C3)cc(=O)oc2c1. The minimum absolute atomic E-state index is 0.261. The highest BCUT2D eigenvalue weighted by atomic mass is 16.4. The minimum Gasteiger partial charge on any atom is -0.423 e. The molecule has 0 atom stereocenters. The summed E-state index contributed by atoms with van der Waals surface area (Å²) in [6, 6.07) is 16.5. The molecule has 2 aromatic carbocycles. The van der Waals surface area contributed by atoms with E-state index >= 15 is 0 Å². The fourth-order valence-electron chi connectivity index (χ4n) is 3.56. The zero-order valence-corrected chi connectivity index (χ0v) is 13.9. The van der Waals surface area contributed by atoms with Gasteiger partial charge < -0.3 is 4.42 Å². The van der Waals surface area contributed by atoms with Crippen molar-refractivity contribution in [1.82, 2.24) is 4.90 Å². The van der Waals surface area contributed by atoms with Gasteiger partial charge in [-0.2, -0.15) is 0 Å². The molecule has 1 aromatic heterocycles. The Kier molecular flexibility index (Phi) is 3.95. The lowest BCUT2D eigenvalue weighted by Crippen LogP contribution is -2.30. The van der Waals surface area contributed by atoms with Gasteiger partial charge in [0.1, 0.15) is 5.58 Å². The second kappa shape index (κ2) is 6.25. The van der Waals surface area contributed by atoms with Crippen molar-refractivity contribution >= 4 is 11.0 Å². The van der Waals surface area contributed by atoms with Crippen LogP contribution < -0.4 is 5.63 Å². The zero-order valence-electron chi connectivity index (χ0n) is 13.9. The Balaban J connectivity index is 1.66. The zero-order chi connectivity index (χ0) is 16.5. The first kappa shape index (κ1) is 15.2. The summed E-state index contributed by atoms with van der Waals surface area (Å²) in [6.45, 7) is 4.84. The van der Waals surface area contributed by atoms with E-state index in [2.05, 4.69) is 48.2 Å². The van der Waals surface area contributed by atoms with Crippen molar-refractivity contribution in [1.29, 1.82) is 0 Å². The summed E-state index contributed by atoms with van der Waals surface area (Å²) in [5.74, 6) is 0. The molecule has 0 spiro atoms. The third kappa shape index (κ3) is 2.87. The van der Waals surface area contributed by atoms with Crippen LogP contribution in [0, 0.1) is 0 Å². The summed E-state index contributed by atoms with van der Waals surface area (Å²) in [5.41, 5.74) is 5.53. The van der Waals surface area contributed by atoms with Crippen molar-refractivity contribution in [3.63, 3.8) is 0 Å². The second-order valence-electron chi connectivity index (χ2n) is 6.50. The van der Waals surface area contributed by atoms with Crippen LogP contribution in [0.15, 0.2) is 57.7 Å². The molecule has 4 rings (SSSR count). The Labute approximate surface area is 141 Å². The van der Waals surface area contributed by atoms with Gasteiger partial charge in [0.05, 0.1) is 0 Å². The topological polar surface area (TPSA) is 33.5 Å². The lowest BCUT2D eigenvalue weighted by atomic mass is 9.99. The Morgan fingerprint density at radius 2 is 1.92 bits per heavy atom. The maximum Gasteiger partial charge on any atom is 0.336 e. The number of rotatable bonds is 3. The number of hydrogen-bond donors (Lipinski definition) is 0. The standard InChI is InChI=1S/C21H21NO2/c1-2-15-7-8-19-18(12-21(23)24-20(19)11-15)14-22-10-9-16-5-3-4-6-17(16)13-22/h3-8,11-12H,2,9-10,13-14H2,1H3. The number of nitrogens with zero attached hydrogens (tertiary/aromatic N) is 1. The molecule has 3 aromatic rings. The third-order valence-corrected chi connectivity index (χ3v) is 4.91. The van der Waals surface area contributed by atoms with Gasteiger partial charge in [-0.05, 0) is 41.2 Å². The lowest BCUT2D eigenvalue weighted by molar-refractivity contribution is 0.246. The monoisotopic (exact) mass is 319 g/mol. The van der Waals surface area contributed by atoms with E-state index in [0.717, 1.165) is 43.4 Å². The molecular formula is C21H21NO2. The average Bonchev–Trinajstić information content (AvgIpc) is 2.61. The summed E-state index contributed by atoms with van der Waals surface area (Å²) < 4.78 is 5.42. The number of fused-ring (bicyclic) bond motifs is 2. The number of hydrogen-bond acceptors (Lipinski definition) is 3. The van der Waals surface area contributed by atoms with Crippen LogP contribution in [0.25, 0.3) is 11.0 Å². The first-order valence-electron chi connectivity index (χ1n) is 8.58. The Morgan fingerprint density at radius 1 is 1.08 bits per heavy atom. The Bertz CT molecular complexity index is 942. The van der Waals surface area contributed by atoms with Gasteiger partial charge in [-0.1, -0.05) is 43.3 Å². The highest BCUT2D eigenvalue weighted by molar-refractivity contribution is 5.80. The molecule has 3 nitrogen and oxygen atoms in total. The highest BCUT2D eigenvalue weighted by Gasteiger charge is 2.17. The summed E-state index contributed by atoms with van der Waals surface area (Å²) in [4.78, 5) is 14.4. The molecular weight excluding hydrogens is 298 g/mol. The molecule has 24 heavy (non-hydrogen) atoms. The molecule has 0 fully saturated rings. The quantitative estimate of drug-likeness (QED) is 0.686. The van der Waals surface area contributed by atoms with Gasteiger partial charge in [-0.3, -0.25) is 4.90 Å². The molecule has 0 amide bonds. The van der Waals surface area contributed by atoms with Crippen molar-refractivity contribution in [2.45, 2.75) is 32.9 Å². The fourth-order valence-corrected chi connectivity index (χ4v) is 3.56. The first-order valence-corrected chi connectivity index (χ1v) is 8.58. The van der Waals surface area contributed by atoms with E-state index in [9.17, 15) is 4.79 Å². The van der Waals surface area contributed by atoms with Crippen LogP contribution in [0.3, 0.4) is 0 Å². The van der Waals surface area contributed by atoms with Crippen LogP contribution in [0.4, 0.5) is 0 Å². The van der Waals surface area contributed by atoms with Gasteiger partial charge in [0.15, 0.2) is 0 Å². The van der Waals surface area contributed by atoms with Crippen LogP contribution in [-0.4, -0.2) is 11.4 Å². The van der Waals surface area contributed by atoms with E-state index in [1.165, 1.54) is 16.7 Å². The molecule has 0 unspecified atom stereocenters. The van der Waals surface area contributed by atoms with Gasteiger partial charge in [0, 0.05) is 31.1 Å². The van der Waals surface area contributed by atoms with E-state index in [-0.39, 0.29) is 5.63 Å². The van der Waals surface area contributed by atoms with Crippen molar-refractivity contribution in [2.24, 2.45) is 0 Å². The van der Waals surface area contributed by atoms with Crippen molar-refractivity contribution in [3.8, 4) is 0 Å². The van der Waals surface area contributed by atoms with Crippen LogP contribution in [0.1, 0.15) is 29.2 Å². The van der Waals surface area contributed by atoms with Gasteiger partial charge in [-0.25, -0.2) is 4.79 Å². The van der Waals surface area contributed by atoms with Crippen LogP contribution in [-0.2, 0) is 25.9 Å². The minimum atomic E-state index is -0.261. The van der Waals surface area contributed by atoms with Gasteiger partial charge in [0.25, 0.3) is 0 Å². The molecule has 1 aliphatic rings. The van der Waals surface area contributed by atoms with E-state index < -0.39 is 0 Å². The number of benzene rings is 2. The summed E-state index contributed by atoms with van der Waals surface area (Å²) in [7, 11) is 0. The smallest absolute Gasteiger partial charge is 0.336 e. The molecule has 0 saturated carbocycles. The maximum absolute atomic E-state index is 12.0. The Hall–Kier alpha value is -2.39. The molecule has 1 aliphatic heterocycles. The summed E-state index contributed by atoms with van der Waals surface area (Å²) in [6.07, 6.45) is 2.00. The molecule has 0 aliphatic carbocycles. The molecule has 0 bridgehead atoms. The maximum atomic E-state index is 12.0. The fraction of sp³-hybridized carbons (Fsp3) is 0.286. The third-order valence-electron chi connectivity index (χ3n) is 4.91. The first-order chi connectivity index (χ1) is 11.7. The van der Waals surface area contributed by atoms with Gasteiger partial charge in [0.2, 0.25) is 0 Å². The van der Waals surface area contributed by atoms with Gasteiger partial charge in [-0.15, -0.1) is 0 Å². The molecule has 0 radical (unpaired) electrons. The van der Waals surface area contributed by atoms with E-state index in [0.29, 0.717) is 5.58 Å². The van der Waals surface area contributed by atoms with E-state index in [4.69, 9.17) is 4.42 Å².